The Hall–Kier alpha value is -0.940. The molecule has 3 rings (SSSR count). The van der Waals surface area contributed by atoms with Gasteiger partial charge in [-0.3, -0.25) is 4.90 Å². The number of β-amino-alcohol motifs (C(OH)–C–C–N with tert-alkyl or cyclic N) is 1. The Kier molecular flexibility index (Phi) is 5.60. The number of aliphatic hydroxyl groups is 2. The van der Waals surface area contributed by atoms with Crippen molar-refractivity contribution >= 4 is 0 Å². The molecule has 24 heavy (non-hydrogen) atoms. The molecule has 4 heteroatoms. The van der Waals surface area contributed by atoms with Gasteiger partial charge < -0.3 is 14.9 Å². The molecule has 0 amide bonds. The van der Waals surface area contributed by atoms with Gasteiger partial charge in [-0.05, 0) is 62.8 Å². The van der Waals surface area contributed by atoms with E-state index in [0.29, 0.717) is 45.1 Å². The Balaban J connectivity index is 1.65. The van der Waals surface area contributed by atoms with Crippen LogP contribution in [0, 0.1) is 13.8 Å². The summed E-state index contributed by atoms with van der Waals surface area (Å²) < 4.78 is 5.33. The maximum absolute atomic E-state index is 10.6. The lowest BCUT2D eigenvalue weighted by Gasteiger charge is -2.35. The van der Waals surface area contributed by atoms with Crippen LogP contribution in [-0.4, -0.2) is 53.1 Å². The van der Waals surface area contributed by atoms with E-state index in [9.17, 15) is 10.2 Å². The maximum atomic E-state index is 10.6. The first-order valence-electron chi connectivity index (χ1n) is 9.27. The molecule has 0 spiro atoms. The highest BCUT2D eigenvalue weighted by atomic mass is 16.5. The molecule has 0 radical (unpaired) electrons. The predicted octanol–water partition coefficient (Wildman–Crippen LogP) is 2.73. The second kappa shape index (κ2) is 7.52. The molecular weight excluding hydrogens is 302 g/mol. The van der Waals surface area contributed by atoms with Crippen LogP contribution in [0.5, 0.6) is 0 Å². The summed E-state index contributed by atoms with van der Waals surface area (Å²) in [5.41, 5.74) is 3.34. The van der Waals surface area contributed by atoms with E-state index in [0.717, 1.165) is 13.0 Å². The molecule has 1 aromatic carbocycles. The summed E-state index contributed by atoms with van der Waals surface area (Å²) in [6, 6.07) is 6.87. The van der Waals surface area contributed by atoms with Crippen molar-refractivity contribution in [2.45, 2.75) is 63.7 Å². The van der Waals surface area contributed by atoms with E-state index in [-0.39, 0.29) is 0 Å². The summed E-state index contributed by atoms with van der Waals surface area (Å²) in [6.07, 6.45) is 3.54. The third-order valence-corrected chi connectivity index (χ3v) is 5.72. The van der Waals surface area contributed by atoms with Gasteiger partial charge in [0.15, 0.2) is 0 Å². The molecule has 1 aromatic rings. The van der Waals surface area contributed by atoms with Gasteiger partial charge in [0.05, 0.1) is 11.7 Å². The molecule has 0 aromatic heterocycles. The number of benzene rings is 1. The van der Waals surface area contributed by atoms with Crippen LogP contribution < -0.4 is 0 Å². The van der Waals surface area contributed by atoms with E-state index in [1.807, 2.05) is 0 Å². The molecule has 0 bridgehead atoms. The molecular formula is C20H31NO3. The quantitative estimate of drug-likeness (QED) is 0.870. The molecule has 2 aliphatic rings. The van der Waals surface area contributed by atoms with Gasteiger partial charge in [0, 0.05) is 32.2 Å². The number of hydrogen-bond donors (Lipinski definition) is 2. The number of nitrogens with zero attached hydrogens (tertiary/aromatic N) is 1. The summed E-state index contributed by atoms with van der Waals surface area (Å²) in [6.45, 7) is 7.22. The van der Waals surface area contributed by atoms with E-state index < -0.39 is 11.7 Å². The molecule has 0 aliphatic carbocycles. The lowest BCUT2D eigenvalue weighted by Crippen LogP contribution is -2.42. The Morgan fingerprint density at radius 1 is 1.25 bits per heavy atom. The topological polar surface area (TPSA) is 52.9 Å². The summed E-state index contributed by atoms with van der Waals surface area (Å²) >= 11 is 0. The first kappa shape index (κ1) is 17.9. The Morgan fingerprint density at radius 3 is 2.58 bits per heavy atom. The number of aryl methyl sites for hydroxylation is 2. The molecule has 2 aliphatic heterocycles. The molecule has 2 N–H and O–H groups in total. The third-order valence-electron chi connectivity index (χ3n) is 5.72. The van der Waals surface area contributed by atoms with Crippen molar-refractivity contribution in [3.05, 3.63) is 34.9 Å². The van der Waals surface area contributed by atoms with E-state index in [1.54, 1.807) is 0 Å². The monoisotopic (exact) mass is 333 g/mol. The highest BCUT2D eigenvalue weighted by Crippen LogP contribution is 2.36. The molecule has 0 saturated carbocycles. The third kappa shape index (κ3) is 3.99. The average molecular weight is 333 g/mol. The second-order valence-electron chi connectivity index (χ2n) is 7.65. The standard InChI is InChI=1S/C20H31NO3/c1-15-5-3-6-16(2)19(15)18-7-4-10-21(18)14-17(22)13-20(23)8-11-24-12-9-20/h3,5-6,17-18,22-23H,4,7-14H2,1-2H3. The van der Waals surface area contributed by atoms with Gasteiger partial charge in [-0.1, -0.05) is 18.2 Å². The van der Waals surface area contributed by atoms with Crippen LogP contribution in [0.25, 0.3) is 0 Å². The van der Waals surface area contributed by atoms with Gasteiger partial charge in [0.2, 0.25) is 0 Å². The minimum absolute atomic E-state index is 0.394. The van der Waals surface area contributed by atoms with Crippen molar-refractivity contribution in [1.82, 2.24) is 4.90 Å². The lowest BCUT2D eigenvalue weighted by molar-refractivity contribution is -0.0897. The molecule has 2 atom stereocenters. The van der Waals surface area contributed by atoms with Crippen LogP contribution in [0.1, 0.15) is 54.8 Å². The molecule has 2 unspecified atom stereocenters. The zero-order valence-electron chi connectivity index (χ0n) is 15.0. The van der Waals surface area contributed by atoms with Gasteiger partial charge >= 0.3 is 0 Å². The highest BCUT2D eigenvalue weighted by Gasteiger charge is 2.35. The normalized spacial score (nSPS) is 25.8. The van der Waals surface area contributed by atoms with E-state index in [2.05, 4.69) is 36.9 Å². The molecule has 2 fully saturated rings. The Bertz CT molecular complexity index is 534. The summed E-state index contributed by atoms with van der Waals surface area (Å²) in [4.78, 5) is 2.41. The smallest absolute Gasteiger partial charge is 0.0716 e. The summed E-state index contributed by atoms with van der Waals surface area (Å²) in [5, 5.41) is 21.2. The van der Waals surface area contributed by atoms with Gasteiger partial charge in [-0.25, -0.2) is 0 Å². The molecule has 134 valence electrons. The SMILES string of the molecule is Cc1cccc(C)c1C1CCCN1CC(O)CC1(O)CCOCC1. The lowest BCUT2D eigenvalue weighted by atomic mass is 9.88. The van der Waals surface area contributed by atoms with Crippen LogP contribution in [0.3, 0.4) is 0 Å². The fraction of sp³-hybridized carbons (Fsp3) is 0.700. The largest absolute Gasteiger partial charge is 0.392 e. The van der Waals surface area contributed by atoms with Crippen LogP contribution in [-0.2, 0) is 4.74 Å². The van der Waals surface area contributed by atoms with E-state index in [4.69, 9.17) is 4.74 Å². The summed E-state index contributed by atoms with van der Waals surface area (Å²) in [7, 11) is 0. The van der Waals surface area contributed by atoms with Crippen molar-refractivity contribution < 1.29 is 14.9 Å². The van der Waals surface area contributed by atoms with Crippen LogP contribution in [0.2, 0.25) is 0 Å². The van der Waals surface area contributed by atoms with Gasteiger partial charge in [-0.15, -0.1) is 0 Å². The first-order chi connectivity index (χ1) is 11.5. The zero-order valence-corrected chi connectivity index (χ0v) is 15.0. The molecule has 2 heterocycles. The van der Waals surface area contributed by atoms with Crippen molar-refractivity contribution in [2.75, 3.05) is 26.3 Å². The number of likely N-dealkylation sites (tertiary alicyclic amines) is 1. The first-order valence-corrected chi connectivity index (χ1v) is 9.27. The van der Waals surface area contributed by atoms with Crippen molar-refractivity contribution in [1.29, 1.82) is 0 Å². The minimum atomic E-state index is -0.758. The van der Waals surface area contributed by atoms with Gasteiger partial charge in [0.1, 0.15) is 0 Å². The predicted molar refractivity (Wildman–Crippen MR) is 95.1 cm³/mol. The van der Waals surface area contributed by atoms with Crippen molar-refractivity contribution in [3.63, 3.8) is 0 Å². The van der Waals surface area contributed by atoms with Crippen LogP contribution >= 0.6 is 0 Å². The number of hydrogen-bond acceptors (Lipinski definition) is 4. The van der Waals surface area contributed by atoms with E-state index in [1.165, 1.54) is 23.1 Å². The fourth-order valence-corrected chi connectivity index (χ4v) is 4.45. The Morgan fingerprint density at radius 2 is 1.92 bits per heavy atom. The number of ether oxygens (including phenoxy) is 1. The number of rotatable bonds is 5. The van der Waals surface area contributed by atoms with Crippen molar-refractivity contribution in [3.8, 4) is 0 Å². The second-order valence-corrected chi connectivity index (χ2v) is 7.65. The molecule has 2 saturated heterocycles. The average Bonchev–Trinajstić information content (AvgIpc) is 2.95. The fourth-order valence-electron chi connectivity index (χ4n) is 4.45. The Labute approximate surface area is 145 Å². The van der Waals surface area contributed by atoms with Gasteiger partial charge in [-0.2, -0.15) is 0 Å². The highest BCUT2D eigenvalue weighted by molar-refractivity contribution is 5.36. The molecule has 4 nitrogen and oxygen atoms in total. The van der Waals surface area contributed by atoms with Crippen LogP contribution in [0.15, 0.2) is 18.2 Å². The van der Waals surface area contributed by atoms with Crippen molar-refractivity contribution in [2.24, 2.45) is 0 Å². The summed E-state index contributed by atoms with van der Waals surface area (Å²) in [5.74, 6) is 0. The zero-order chi connectivity index (χ0) is 17.2. The van der Waals surface area contributed by atoms with Gasteiger partial charge in [0.25, 0.3) is 0 Å². The number of aliphatic hydroxyl groups excluding tert-OH is 1. The maximum Gasteiger partial charge on any atom is 0.0716 e. The van der Waals surface area contributed by atoms with E-state index >= 15 is 0 Å². The minimum Gasteiger partial charge on any atom is -0.392 e. The van der Waals surface area contributed by atoms with Crippen LogP contribution in [0.4, 0.5) is 0 Å².